The molecule has 0 saturated carbocycles. The Morgan fingerprint density at radius 3 is 2.94 bits per heavy atom. The molecule has 18 heavy (non-hydrogen) atoms. The van der Waals surface area contributed by atoms with Crippen LogP contribution in [0.25, 0.3) is 6.08 Å². The zero-order valence-corrected chi connectivity index (χ0v) is 10.2. The third-order valence-electron chi connectivity index (χ3n) is 3.01. The molecule has 0 aromatic heterocycles. The van der Waals surface area contributed by atoms with Crippen molar-refractivity contribution in [2.45, 2.75) is 25.6 Å². The number of carbonyl (C=O) groups is 1. The topological polar surface area (TPSA) is 66.8 Å². The zero-order valence-electron chi connectivity index (χ0n) is 10.2. The van der Waals surface area contributed by atoms with Crippen LogP contribution in [0, 0.1) is 0 Å². The third kappa shape index (κ3) is 2.30. The van der Waals surface area contributed by atoms with Gasteiger partial charge in [-0.05, 0) is 30.0 Å². The first-order chi connectivity index (χ1) is 8.65. The Balaban J connectivity index is 2.22. The molecule has 1 aromatic rings. The Hall–Kier alpha value is -1.65. The van der Waals surface area contributed by atoms with Gasteiger partial charge < -0.3 is 14.9 Å². The molecule has 2 atom stereocenters. The summed E-state index contributed by atoms with van der Waals surface area (Å²) in [4.78, 5) is 11.4. The second-order valence-electron chi connectivity index (χ2n) is 4.16. The van der Waals surface area contributed by atoms with Crippen LogP contribution in [-0.4, -0.2) is 28.9 Å². The first kappa shape index (κ1) is 12.8. The number of allylic oxidation sites excluding steroid dienone is 1. The zero-order chi connectivity index (χ0) is 13.1. The summed E-state index contributed by atoms with van der Waals surface area (Å²) in [6.45, 7) is 1.83. The number of carbonyl (C=O) groups excluding carboxylic acids is 1. The fourth-order valence-corrected chi connectivity index (χ4v) is 2.12. The molecule has 0 aliphatic heterocycles. The molecule has 0 spiro atoms. The highest BCUT2D eigenvalue weighted by Gasteiger charge is 2.29. The van der Waals surface area contributed by atoms with Gasteiger partial charge in [-0.2, -0.15) is 0 Å². The second kappa shape index (κ2) is 5.33. The van der Waals surface area contributed by atoms with Crippen molar-refractivity contribution < 1.29 is 19.7 Å². The van der Waals surface area contributed by atoms with Crippen LogP contribution in [0.3, 0.4) is 0 Å². The molecule has 0 fully saturated rings. The maximum atomic E-state index is 11.4. The predicted octanol–water partition coefficient (Wildman–Crippen LogP) is 1.21. The normalized spacial score (nSPS) is 16.2. The van der Waals surface area contributed by atoms with Crippen LogP contribution in [0.2, 0.25) is 0 Å². The number of rotatable bonds is 4. The van der Waals surface area contributed by atoms with Gasteiger partial charge in [0, 0.05) is 0 Å². The second-order valence-corrected chi connectivity index (χ2v) is 4.16. The molecule has 0 radical (unpaired) electrons. The molecule has 4 heteroatoms. The van der Waals surface area contributed by atoms with E-state index in [0.717, 1.165) is 11.1 Å². The molecule has 96 valence electrons. The van der Waals surface area contributed by atoms with Crippen molar-refractivity contribution in [3.63, 3.8) is 0 Å². The molecular weight excluding hydrogens is 232 g/mol. The Labute approximate surface area is 106 Å². The number of hydrogen-bond donors (Lipinski definition) is 2. The maximum absolute atomic E-state index is 11.4. The van der Waals surface area contributed by atoms with Crippen molar-refractivity contribution in [3.05, 3.63) is 41.0 Å². The number of hydrogen-bond acceptors (Lipinski definition) is 4. The number of fused-ring (bicyclic) bond motifs is 1. The van der Waals surface area contributed by atoms with E-state index in [1.807, 2.05) is 18.2 Å². The number of benzene rings is 1. The van der Waals surface area contributed by atoms with E-state index in [0.29, 0.717) is 12.0 Å². The maximum Gasteiger partial charge on any atom is 0.338 e. The lowest BCUT2D eigenvalue weighted by atomic mass is 9.95. The number of esters is 1. The highest BCUT2D eigenvalue weighted by atomic mass is 16.5. The van der Waals surface area contributed by atoms with Gasteiger partial charge in [0.1, 0.15) is 6.10 Å². The van der Waals surface area contributed by atoms with E-state index < -0.39 is 18.2 Å². The van der Waals surface area contributed by atoms with Crippen LogP contribution in [0.1, 0.15) is 29.7 Å². The van der Waals surface area contributed by atoms with Crippen molar-refractivity contribution in [1.29, 1.82) is 0 Å². The van der Waals surface area contributed by atoms with Crippen molar-refractivity contribution in [2.75, 3.05) is 6.61 Å². The summed E-state index contributed by atoms with van der Waals surface area (Å²) in [5.74, 6) is -0.798. The molecule has 1 aliphatic rings. The summed E-state index contributed by atoms with van der Waals surface area (Å²) in [6, 6.07) is 5.45. The minimum absolute atomic E-state index is 0.178. The van der Waals surface area contributed by atoms with Crippen LogP contribution >= 0.6 is 0 Å². The summed E-state index contributed by atoms with van der Waals surface area (Å²) in [6.07, 6.45) is 1.86. The number of ether oxygens (including phenoxy) is 1. The van der Waals surface area contributed by atoms with Gasteiger partial charge in [0.15, 0.2) is 6.10 Å². The van der Waals surface area contributed by atoms with Gasteiger partial charge in [-0.15, -0.1) is 0 Å². The van der Waals surface area contributed by atoms with Crippen molar-refractivity contribution in [2.24, 2.45) is 0 Å². The molecule has 1 aliphatic carbocycles. The standard InChI is InChI=1S/C14H16O4/c1-2-18-14(17)13(16)12(15)11-8-4-6-9-5-3-7-10(9)11/h3-6,8,12-13,15-16H,2,7H2,1H3. The van der Waals surface area contributed by atoms with Gasteiger partial charge in [-0.3, -0.25) is 0 Å². The number of aliphatic hydroxyl groups is 2. The Kier molecular flexibility index (Phi) is 3.79. The van der Waals surface area contributed by atoms with E-state index in [1.54, 1.807) is 19.1 Å². The predicted molar refractivity (Wildman–Crippen MR) is 66.8 cm³/mol. The fourth-order valence-electron chi connectivity index (χ4n) is 2.12. The minimum Gasteiger partial charge on any atom is -0.464 e. The molecule has 2 unspecified atom stereocenters. The average molecular weight is 248 g/mol. The quantitative estimate of drug-likeness (QED) is 0.786. The first-order valence-corrected chi connectivity index (χ1v) is 5.96. The SMILES string of the molecule is CCOC(=O)C(O)C(O)c1cccc2c1CC=C2. The summed E-state index contributed by atoms with van der Waals surface area (Å²) in [5, 5.41) is 19.8. The van der Waals surface area contributed by atoms with Crippen molar-refractivity contribution in [3.8, 4) is 0 Å². The van der Waals surface area contributed by atoms with Gasteiger partial charge in [0.2, 0.25) is 0 Å². The van der Waals surface area contributed by atoms with E-state index >= 15 is 0 Å². The van der Waals surface area contributed by atoms with E-state index in [1.165, 1.54) is 0 Å². The van der Waals surface area contributed by atoms with E-state index in [9.17, 15) is 15.0 Å². The lowest BCUT2D eigenvalue weighted by molar-refractivity contribution is -0.159. The summed E-state index contributed by atoms with van der Waals surface area (Å²) >= 11 is 0. The van der Waals surface area contributed by atoms with Crippen molar-refractivity contribution >= 4 is 12.0 Å². The van der Waals surface area contributed by atoms with Crippen LogP contribution < -0.4 is 0 Å². The summed E-state index contributed by atoms with van der Waals surface area (Å²) in [5.41, 5.74) is 2.55. The van der Waals surface area contributed by atoms with Gasteiger partial charge in [0.25, 0.3) is 0 Å². The summed E-state index contributed by atoms with van der Waals surface area (Å²) < 4.78 is 4.70. The lowest BCUT2D eigenvalue weighted by Crippen LogP contribution is -2.30. The van der Waals surface area contributed by atoms with Crippen LogP contribution in [-0.2, 0) is 16.0 Å². The Morgan fingerprint density at radius 1 is 1.44 bits per heavy atom. The van der Waals surface area contributed by atoms with Gasteiger partial charge in [0.05, 0.1) is 6.61 Å². The lowest BCUT2D eigenvalue weighted by Gasteiger charge is -2.19. The smallest absolute Gasteiger partial charge is 0.338 e. The highest BCUT2D eigenvalue weighted by molar-refractivity contribution is 5.76. The van der Waals surface area contributed by atoms with Crippen LogP contribution in [0.5, 0.6) is 0 Å². The molecule has 0 amide bonds. The Bertz CT molecular complexity index is 479. The van der Waals surface area contributed by atoms with E-state index in [4.69, 9.17) is 4.74 Å². The monoisotopic (exact) mass is 248 g/mol. The van der Waals surface area contributed by atoms with Gasteiger partial charge in [-0.25, -0.2) is 4.79 Å². The molecule has 0 saturated heterocycles. The minimum atomic E-state index is -1.54. The molecule has 4 nitrogen and oxygen atoms in total. The molecule has 1 aromatic carbocycles. The van der Waals surface area contributed by atoms with Crippen LogP contribution in [0.4, 0.5) is 0 Å². The third-order valence-corrected chi connectivity index (χ3v) is 3.01. The van der Waals surface area contributed by atoms with E-state index in [2.05, 4.69) is 0 Å². The largest absolute Gasteiger partial charge is 0.464 e. The average Bonchev–Trinajstić information content (AvgIpc) is 2.85. The molecule has 0 bridgehead atoms. The van der Waals surface area contributed by atoms with Gasteiger partial charge >= 0.3 is 5.97 Å². The fraction of sp³-hybridized carbons (Fsp3) is 0.357. The molecular formula is C14H16O4. The molecule has 2 N–H and O–H groups in total. The summed E-state index contributed by atoms with van der Waals surface area (Å²) in [7, 11) is 0. The van der Waals surface area contributed by atoms with Crippen LogP contribution in [0.15, 0.2) is 24.3 Å². The highest BCUT2D eigenvalue weighted by Crippen LogP contribution is 2.29. The van der Waals surface area contributed by atoms with E-state index in [-0.39, 0.29) is 6.61 Å². The number of aliphatic hydroxyl groups excluding tert-OH is 2. The van der Waals surface area contributed by atoms with Crippen molar-refractivity contribution in [1.82, 2.24) is 0 Å². The molecule has 0 heterocycles. The molecule has 2 rings (SSSR count). The first-order valence-electron chi connectivity index (χ1n) is 5.96. The van der Waals surface area contributed by atoms with Gasteiger partial charge in [-0.1, -0.05) is 30.4 Å². The Morgan fingerprint density at radius 2 is 2.22 bits per heavy atom.